The second-order valence-corrected chi connectivity index (χ2v) is 6.42. The predicted molar refractivity (Wildman–Crippen MR) is 94.2 cm³/mol. The molecule has 1 aromatic carbocycles. The Morgan fingerprint density at radius 3 is 2.58 bits per heavy atom. The number of methoxy groups -OCH3 is 1. The Balaban J connectivity index is 1.94. The molecule has 24 heavy (non-hydrogen) atoms. The zero-order chi connectivity index (χ0) is 17.5. The largest absolute Gasteiger partial charge is 0.493 e. The molecule has 1 aromatic rings. The molecule has 0 atom stereocenters. The summed E-state index contributed by atoms with van der Waals surface area (Å²) in [7, 11) is 1.60. The number of rotatable bonds is 6. The van der Waals surface area contributed by atoms with E-state index in [1.807, 2.05) is 32.0 Å². The van der Waals surface area contributed by atoms with Crippen molar-refractivity contribution in [3.05, 3.63) is 29.8 Å². The Bertz CT molecular complexity index is 575. The van der Waals surface area contributed by atoms with E-state index in [2.05, 4.69) is 5.32 Å². The van der Waals surface area contributed by atoms with Crippen LogP contribution in [0.4, 0.5) is 0 Å². The van der Waals surface area contributed by atoms with E-state index in [1.165, 1.54) is 6.08 Å². The van der Waals surface area contributed by atoms with Gasteiger partial charge < -0.3 is 19.9 Å². The highest BCUT2D eigenvalue weighted by molar-refractivity contribution is 5.92. The van der Waals surface area contributed by atoms with Crippen molar-refractivity contribution in [3.63, 3.8) is 0 Å². The van der Waals surface area contributed by atoms with Gasteiger partial charge in [0, 0.05) is 12.1 Å². The van der Waals surface area contributed by atoms with Crippen LogP contribution in [0.5, 0.6) is 11.5 Å². The molecule has 0 saturated heterocycles. The first-order valence-electron chi connectivity index (χ1n) is 8.49. The first kappa shape index (κ1) is 18.3. The van der Waals surface area contributed by atoms with Gasteiger partial charge in [0.25, 0.3) is 0 Å². The topological polar surface area (TPSA) is 67.8 Å². The summed E-state index contributed by atoms with van der Waals surface area (Å²) in [5.74, 6) is 1.22. The van der Waals surface area contributed by atoms with Gasteiger partial charge in [-0.2, -0.15) is 0 Å². The summed E-state index contributed by atoms with van der Waals surface area (Å²) >= 11 is 0. The number of amides is 1. The van der Waals surface area contributed by atoms with Crippen LogP contribution in [-0.4, -0.2) is 36.4 Å². The number of hydrogen-bond acceptors (Lipinski definition) is 4. The van der Waals surface area contributed by atoms with Crippen molar-refractivity contribution in [2.45, 2.75) is 57.8 Å². The van der Waals surface area contributed by atoms with Crippen LogP contribution < -0.4 is 14.8 Å². The van der Waals surface area contributed by atoms with Crippen LogP contribution in [0.2, 0.25) is 0 Å². The van der Waals surface area contributed by atoms with Gasteiger partial charge in [-0.1, -0.05) is 6.07 Å². The molecule has 0 radical (unpaired) electrons. The van der Waals surface area contributed by atoms with Crippen molar-refractivity contribution in [1.29, 1.82) is 0 Å². The molecule has 5 nitrogen and oxygen atoms in total. The minimum atomic E-state index is -0.215. The maximum absolute atomic E-state index is 12.0. The molecule has 0 unspecified atom stereocenters. The molecule has 1 aliphatic carbocycles. The van der Waals surface area contributed by atoms with Gasteiger partial charge in [0.05, 0.1) is 19.3 Å². The van der Waals surface area contributed by atoms with Crippen LogP contribution in [0.25, 0.3) is 6.08 Å². The van der Waals surface area contributed by atoms with Gasteiger partial charge in [-0.3, -0.25) is 4.79 Å². The Morgan fingerprint density at radius 2 is 1.96 bits per heavy atom. The Labute approximate surface area is 143 Å². The van der Waals surface area contributed by atoms with Crippen LogP contribution in [0, 0.1) is 0 Å². The Hall–Kier alpha value is -2.01. The lowest BCUT2D eigenvalue weighted by molar-refractivity contribution is -0.117. The molecule has 0 spiro atoms. The molecule has 5 heteroatoms. The molecule has 0 bridgehead atoms. The van der Waals surface area contributed by atoms with Gasteiger partial charge >= 0.3 is 0 Å². The molecule has 0 aliphatic heterocycles. The molecule has 1 fully saturated rings. The van der Waals surface area contributed by atoms with E-state index in [1.54, 1.807) is 13.2 Å². The van der Waals surface area contributed by atoms with E-state index < -0.39 is 0 Å². The number of carbonyl (C=O) groups is 1. The fourth-order valence-electron chi connectivity index (χ4n) is 2.78. The van der Waals surface area contributed by atoms with Crippen molar-refractivity contribution in [2.75, 3.05) is 7.11 Å². The minimum Gasteiger partial charge on any atom is -0.493 e. The van der Waals surface area contributed by atoms with Crippen molar-refractivity contribution in [1.82, 2.24) is 5.32 Å². The maximum atomic E-state index is 12.0. The summed E-state index contributed by atoms with van der Waals surface area (Å²) < 4.78 is 11.0. The van der Waals surface area contributed by atoms with Crippen LogP contribution in [0.15, 0.2) is 24.3 Å². The molecule has 0 aromatic heterocycles. The standard InChI is InChI=1S/C19H27NO4/c1-13(2)24-17-10-4-14(12-18(17)23-3)5-11-19(22)20-15-6-8-16(21)9-7-15/h4-5,10-13,15-16,21H,6-9H2,1-3H3,(H,20,22)/b11-5+. The maximum Gasteiger partial charge on any atom is 0.244 e. The van der Waals surface area contributed by atoms with E-state index in [0.717, 1.165) is 31.2 Å². The summed E-state index contributed by atoms with van der Waals surface area (Å²) in [4.78, 5) is 12.0. The third-order valence-corrected chi connectivity index (χ3v) is 4.02. The second kappa shape index (κ2) is 8.73. The number of aliphatic hydroxyl groups is 1. The lowest BCUT2D eigenvalue weighted by atomic mass is 9.93. The molecule has 0 heterocycles. The number of ether oxygens (including phenoxy) is 2. The van der Waals surface area contributed by atoms with Gasteiger partial charge in [0.15, 0.2) is 11.5 Å². The normalized spacial score (nSPS) is 21.0. The van der Waals surface area contributed by atoms with Crippen LogP contribution in [-0.2, 0) is 4.79 Å². The second-order valence-electron chi connectivity index (χ2n) is 6.42. The number of aliphatic hydroxyl groups excluding tert-OH is 1. The summed E-state index contributed by atoms with van der Waals surface area (Å²) in [6, 6.07) is 5.74. The van der Waals surface area contributed by atoms with E-state index in [-0.39, 0.29) is 24.2 Å². The van der Waals surface area contributed by atoms with Crippen LogP contribution in [0.3, 0.4) is 0 Å². The van der Waals surface area contributed by atoms with Crippen molar-refractivity contribution >= 4 is 12.0 Å². The molecule has 2 N–H and O–H groups in total. The summed E-state index contributed by atoms with van der Waals surface area (Å²) in [5, 5.41) is 12.5. The zero-order valence-corrected chi connectivity index (χ0v) is 14.6. The van der Waals surface area contributed by atoms with E-state index in [0.29, 0.717) is 11.5 Å². The highest BCUT2D eigenvalue weighted by Gasteiger charge is 2.19. The average molecular weight is 333 g/mol. The smallest absolute Gasteiger partial charge is 0.244 e. The fraction of sp³-hybridized carbons (Fsp3) is 0.526. The number of benzene rings is 1. The zero-order valence-electron chi connectivity index (χ0n) is 14.6. The lowest BCUT2D eigenvalue weighted by Gasteiger charge is -2.25. The average Bonchev–Trinajstić information content (AvgIpc) is 2.55. The highest BCUT2D eigenvalue weighted by atomic mass is 16.5. The molecule has 1 amide bonds. The van der Waals surface area contributed by atoms with Crippen LogP contribution >= 0.6 is 0 Å². The summed E-state index contributed by atoms with van der Waals surface area (Å²) in [6.07, 6.45) is 6.31. The van der Waals surface area contributed by atoms with Gasteiger partial charge in [-0.05, 0) is 63.3 Å². The van der Waals surface area contributed by atoms with Crippen molar-refractivity contribution in [3.8, 4) is 11.5 Å². The van der Waals surface area contributed by atoms with E-state index >= 15 is 0 Å². The Morgan fingerprint density at radius 1 is 1.25 bits per heavy atom. The Kier molecular flexibility index (Phi) is 6.67. The SMILES string of the molecule is COc1cc(/C=C/C(=O)NC2CCC(O)CC2)ccc1OC(C)C. The quantitative estimate of drug-likeness (QED) is 0.786. The van der Waals surface area contributed by atoms with Gasteiger partial charge in [0.1, 0.15) is 0 Å². The highest BCUT2D eigenvalue weighted by Crippen LogP contribution is 2.29. The fourth-order valence-corrected chi connectivity index (χ4v) is 2.78. The molecule has 1 saturated carbocycles. The first-order chi connectivity index (χ1) is 11.5. The lowest BCUT2D eigenvalue weighted by Crippen LogP contribution is -2.37. The van der Waals surface area contributed by atoms with E-state index in [9.17, 15) is 9.90 Å². The minimum absolute atomic E-state index is 0.0695. The number of carbonyl (C=O) groups excluding carboxylic acids is 1. The van der Waals surface area contributed by atoms with Crippen molar-refractivity contribution < 1.29 is 19.4 Å². The molecule has 132 valence electrons. The van der Waals surface area contributed by atoms with E-state index in [4.69, 9.17) is 9.47 Å². The molecule has 2 rings (SSSR count). The molecular weight excluding hydrogens is 306 g/mol. The predicted octanol–water partition coefficient (Wildman–Crippen LogP) is 2.92. The summed E-state index contributed by atoms with van der Waals surface area (Å²) in [6.45, 7) is 3.92. The number of nitrogens with one attached hydrogen (secondary N) is 1. The monoisotopic (exact) mass is 333 g/mol. The molecule has 1 aliphatic rings. The van der Waals surface area contributed by atoms with Gasteiger partial charge in [0.2, 0.25) is 5.91 Å². The first-order valence-corrected chi connectivity index (χ1v) is 8.49. The third kappa shape index (κ3) is 5.57. The number of hydrogen-bond donors (Lipinski definition) is 2. The van der Waals surface area contributed by atoms with Gasteiger partial charge in [-0.25, -0.2) is 0 Å². The van der Waals surface area contributed by atoms with Crippen molar-refractivity contribution in [2.24, 2.45) is 0 Å². The third-order valence-electron chi connectivity index (χ3n) is 4.02. The van der Waals surface area contributed by atoms with Gasteiger partial charge in [-0.15, -0.1) is 0 Å². The molecular formula is C19H27NO4. The van der Waals surface area contributed by atoms with Crippen LogP contribution in [0.1, 0.15) is 45.1 Å². The summed E-state index contributed by atoms with van der Waals surface area (Å²) in [5.41, 5.74) is 0.872.